The topological polar surface area (TPSA) is 26.0 Å². The summed E-state index contributed by atoms with van der Waals surface area (Å²) in [7, 11) is 0. The summed E-state index contributed by atoms with van der Waals surface area (Å²) >= 11 is 0. The van der Waals surface area contributed by atoms with E-state index in [0.29, 0.717) is 0 Å². The Morgan fingerprint density at radius 3 is 3.09 bits per heavy atom. The maximum Gasteiger partial charge on any atom is 0.0349 e. The third-order valence-corrected chi connectivity index (χ3v) is 2.18. The van der Waals surface area contributed by atoms with Crippen LogP contribution in [0.15, 0.2) is 18.2 Å². The molecule has 0 bridgehead atoms. The highest BCUT2D eigenvalue weighted by molar-refractivity contribution is 5.52. The van der Waals surface area contributed by atoms with E-state index in [0.717, 1.165) is 24.9 Å². The summed E-state index contributed by atoms with van der Waals surface area (Å²) < 4.78 is 0. The van der Waals surface area contributed by atoms with Crippen LogP contribution in [0.25, 0.3) is 0 Å². The van der Waals surface area contributed by atoms with Crippen LogP contribution in [0.3, 0.4) is 0 Å². The molecule has 0 unspecified atom stereocenters. The number of aryl methyl sites for hydroxylation is 1. The van der Waals surface area contributed by atoms with E-state index >= 15 is 0 Å². The third-order valence-electron chi connectivity index (χ3n) is 2.18. The zero-order chi connectivity index (χ0) is 7.68. The van der Waals surface area contributed by atoms with E-state index in [4.69, 9.17) is 5.73 Å². The number of nitrogen functional groups attached to an aromatic ring is 1. The second kappa shape index (κ2) is 2.57. The number of nitrogens with two attached hydrogens (primary N) is 1. The van der Waals surface area contributed by atoms with Crippen LogP contribution in [0, 0.1) is 6.42 Å². The lowest BCUT2D eigenvalue weighted by molar-refractivity contribution is 0.831. The molecule has 1 nitrogen and oxygen atoms in total. The molecule has 2 N–H and O–H groups in total. The zero-order valence-electron chi connectivity index (χ0n) is 6.43. The molecule has 0 fully saturated rings. The van der Waals surface area contributed by atoms with Crippen LogP contribution in [0.4, 0.5) is 5.69 Å². The van der Waals surface area contributed by atoms with E-state index < -0.39 is 0 Å². The molecule has 11 heavy (non-hydrogen) atoms. The van der Waals surface area contributed by atoms with Crippen LogP contribution in [-0.4, -0.2) is 0 Å². The van der Waals surface area contributed by atoms with Crippen molar-refractivity contribution in [3.8, 4) is 0 Å². The third kappa shape index (κ3) is 1.11. The molecule has 1 heteroatoms. The van der Waals surface area contributed by atoms with Crippen LogP contribution in [0.2, 0.25) is 0 Å². The van der Waals surface area contributed by atoms with Gasteiger partial charge in [0, 0.05) is 5.69 Å². The second-order valence-corrected chi connectivity index (χ2v) is 2.91. The van der Waals surface area contributed by atoms with Gasteiger partial charge in [0.25, 0.3) is 0 Å². The van der Waals surface area contributed by atoms with Crippen molar-refractivity contribution in [1.29, 1.82) is 0 Å². The van der Waals surface area contributed by atoms with E-state index in [1.807, 2.05) is 12.1 Å². The Morgan fingerprint density at radius 1 is 1.36 bits per heavy atom. The van der Waals surface area contributed by atoms with Crippen molar-refractivity contribution in [2.24, 2.45) is 0 Å². The molecule has 1 aromatic rings. The molecule has 1 aromatic carbocycles. The molecule has 0 saturated carbocycles. The largest absolute Gasteiger partial charge is 0.398 e. The molecule has 2 rings (SSSR count). The number of hydrogen-bond donors (Lipinski definition) is 1. The maximum absolute atomic E-state index is 5.80. The Balaban J connectivity index is 2.49. The van der Waals surface area contributed by atoms with Crippen molar-refractivity contribution >= 4 is 5.69 Å². The predicted octanol–water partition coefficient (Wildman–Crippen LogP) is 1.84. The molecule has 0 atom stereocenters. The number of rotatable bonds is 0. The summed E-state index contributed by atoms with van der Waals surface area (Å²) in [4.78, 5) is 0. The fourth-order valence-electron chi connectivity index (χ4n) is 1.54. The molecule has 0 saturated heterocycles. The standard InChI is InChI=1S/C10H11N/c11-10-7-3-5-8-4-1-2-6-9(8)10/h3,5,7H,1,4,6,11H2. The van der Waals surface area contributed by atoms with Crippen LogP contribution >= 0.6 is 0 Å². The molecule has 2 radical (unpaired) electrons. The van der Waals surface area contributed by atoms with Gasteiger partial charge in [0.05, 0.1) is 0 Å². The maximum atomic E-state index is 5.80. The number of anilines is 1. The van der Waals surface area contributed by atoms with Crippen molar-refractivity contribution in [2.45, 2.75) is 19.3 Å². The van der Waals surface area contributed by atoms with Crippen LogP contribution in [0.5, 0.6) is 0 Å². The molecule has 0 aromatic heterocycles. The summed E-state index contributed by atoms with van der Waals surface area (Å²) in [5, 5.41) is 0. The fraction of sp³-hybridized carbons (Fsp3) is 0.300. The highest BCUT2D eigenvalue weighted by Crippen LogP contribution is 2.24. The predicted molar refractivity (Wildman–Crippen MR) is 46.1 cm³/mol. The SMILES string of the molecule is Nc1cccc2c1C[C]CC2. The summed E-state index contributed by atoms with van der Waals surface area (Å²) in [5.74, 6) is 0. The van der Waals surface area contributed by atoms with E-state index in [2.05, 4.69) is 12.5 Å². The lowest BCUT2D eigenvalue weighted by Gasteiger charge is -2.16. The van der Waals surface area contributed by atoms with Gasteiger partial charge in [-0.05, 0) is 42.9 Å². The lowest BCUT2D eigenvalue weighted by atomic mass is 9.91. The van der Waals surface area contributed by atoms with Crippen molar-refractivity contribution in [3.05, 3.63) is 35.7 Å². The van der Waals surface area contributed by atoms with Crippen molar-refractivity contribution in [2.75, 3.05) is 5.73 Å². The first-order valence-corrected chi connectivity index (χ1v) is 3.95. The molecular formula is C10H11N. The van der Waals surface area contributed by atoms with Crippen molar-refractivity contribution in [1.82, 2.24) is 0 Å². The van der Waals surface area contributed by atoms with Gasteiger partial charge in [0.1, 0.15) is 0 Å². The Bertz CT molecular complexity index is 266. The van der Waals surface area contributed by atoms with Crippen molar-refractivity contribution in [3.63, 3.8) is 0 Å². The number of hydrogen-bond acceptors (Lipinski definition) is 1. The molecule has 1 aliphatic carbocycles. The van der Waals surface area contributed by atoms with E-state index in [9.17, 15) is 0 Å². The lowest BCUT2D eigenvalue weighted by Crippen LogP contribution is -2.05. The van der Waals surface area contributed by atoms with E-state index in [-0.39, 0.29) is 0 Å². The molecular weight excluding hydrogens is 134 g/mol. The monoisotopic (exact) mass is 145 g/mol. The van der Waals surface area contributed by atoms with Crippen LogP contribution in [-0.2, 0) is 12.8 Å². The molecule has 56 valence electrons. The van der Waals surface area contributed by atoms with Gasteiger partial charge >= 0.3 is 0 Å². The zero-order valence-corrected chi connectivity index (χ0v) is 6.43. The Kier molecular flexibility index (Phi) is 1.57. The normalized spacial score (nSPS) is 16.0. The molecule has 0 spiro atoms. The number of benzene rings is 1. The van der Waals surface area contributed by atoms with Crippen LogP contribution < -0.4 is 5.73 Å². The highest BCUT2D eigenvalue weighted by Gasteiger charge is 2.10. The van der Waals surface area contributed by atoms with Crippen LogP contribution in [0.1, 0.15) is 17.5 Å². The smallest absolute Gasteiger partial charge is 0.0349 e. The van der Waals surface area contributed by atoms with Gasteiger partial charge in [0.15, 0.2) is 0 Å². The molecule has 0 amide bonds. The first-order valence-electron chi connectivity index (χ1n) is 3.95. The van der Waals surface area contributed by atoms with Gasteiger partial charge < -0.3 is 5.73 Å². The first kappa shape index (κ1) is 6.71. The number of fused-ring (bicyclic) bond motifs is 1. The molecule has 0 heterocycles. The summed E-state index contributed by atoms with van der Waals surface area (Å²) in [6.45, 7) is 0. The fourth-order valence-corrected chi connectivity index (χ4v) is 1.54. The summed E-state index contributed by atoms with van der Waals surface area (Å²) in [6.07, 6.45) is 6.43. The molecule has 0 aliphatic heterocycles. The Morgan fingerprint density at radius 2 is 2.27 bits per heavy atom. The average Bonchev–Trinajstić information content (AvgIpc) is 2.06. The second-order valence-electron chi connectivity index (χ2n) is 2.91. The quantitative estimate of drug-likeness (QED) is 0.554. The summed E-state index contributed by atoms with van der Waals surface area (Å²) in [5.41, 5.74) is 9.42. The van der Waals surface area contributed by atoms with Gasteiger partial charge in [-0.15, -0.1) is 0 Å². The minimum absolute atomic E-state index is 0.926. The van der Waals surface area contributed by atoms with Gasteiger partial charge in [-0.3, -0.25) is 0 Å². The van der Waals surface area contributed by atoms with E-state index in [1.165, 1.54) is 11.1 Å². The first-order chi connectivity index (χ1) is 5.38. The highest BCUT2D eigenvalue weighted by atomic mass is 14.6. The summed E-state index contributed by atoms with van der Waals surface area (Å²) in [6, 6.07) is 6.15. The Hall–Kier alpha value is -0.980. The van der Waals surface area contributed by atoms with Crippen molar-refractivity contribution < 1.29 is 0 Å². The molecule has 1 aliphatic rings. The van der Waals surface area contributed by atoms with E-state index in [1.54, 1.807) is 0 Å². The van der Waals surface area contributed by atoms with Gasteiger partial charge in [0.2, 0.25) is 0 Å². The van der Waals surface area contributed by atoms with Gasteiger partial charge in [-0.1, -0.05) is 12.1 Å². The average molecular weight is 145 g/mol. The Labute approximate surface area is 67.2 Å². The minimum atomic E-state index is 0.926. The van der Waals surface area contributed by atoms with Gasteiger partial charge in [-0.2, -0.15) is 0 Å². The van der Waals surface area contributed by atoms with Gasteiger partial charge in [-0.25, -0.2) is 0 Å². The minimum Gasteiger partial charge on any atom is -0.398 e.